The largest absolute Gasteiger partial charge is 0.486 e. The Morgan fingerprint density at radius 3 is 2.12 bits per heavy atom. The zero-order valence-electron chi connectivity index (χ0n) is 7.90. The fraction of sp³-hybridized carbons (Fsp3) is 0. The molecule has 2 N–H and O–H groups in total. The fourth-order valence-electron chi connectivity index (χ4n) is 0.445. The molecule has 0 fully saturated rings. The Balaban J connectivity index is 0.000000315. The molecule has 8 heteroatoms. The number of aromatic nitrogens is 1. The first-order valence-electron chi connectivity index (χ1n) is 3.77. The summed E-state index contributed by atoms with van der Waals surface area (Å²) in [5.74, 6) is 0. The molecule has 0 bridgehead atoms. The van der Waals surface area contributed by atoms with Gasteiger partial charge in [-0.1, -0.05) is 11.1 Å². The normalized spacial score (nSPS) is 7.50. The van der Waals surface area contributed by atoms with Gasteiger partial charge in [0.25, 0.3) is 0 Å². The Hall–Kier alpha value is -2.73. The molecule has 2 amide bonds. The number of nitrogens with zero attached hydrogens (tertiary/aromatic N) is 2. The first-order chi connectivity index (χ1) is 7.66. The van der Waals surface area contributed by atoms with Crippen LogP contribution in [0.2, 0.25) is 0 Å². The zero-order valence-corrected chi connectivity index (χ0v) is 7.90. The van der Waals surface area contributed by atoms with E-state index < -0.39 is 12.2 Å². The number of nitrogens with two attached hydrogens (primary N) is 1. The minimum atomic E-state index is -1.39. The van der Waals surface area contributed by atoms with E-state index in [2.05, 4.69) is 25.5 Å². The second-order valence-corrected chi connectivity index (χ2v) is 1.98. The van der Waals surface area contributed by atoms with Gasteiger partial charge in [0.2, 0.25) is 6.08 Å². The summed E-state index contributed by atoms with van der Waals surface area (Å²) in [7, 11) is 0. The third-order valence-electron chi connectivity index (χ3n) is 0.899. The van der Waals surface area contributed by atoms with Crippen LogP contribution in [0.3, 0.4) is 0 Å². The number of primary amides is 1. The van der Waals surface area contributed by atoms with Crippen molar-refractivity contribution in [2.45, 2.75) is 0 Å². The predicted molar refractivity (Wildman–Crippen MR) is 49.5 cm³/mol. The number of hydrogen-bond donors (Lipinski definition) is 1. The summed E-state index contributed by atoms with van der Waals surface area (Å²) in [4.78, 5) is 42.1. The number of isocyanates is 1. The van der Waals surface area contributed by atoms with Crippen molar-refractivity contribution in [2.24, 2.45) is 10.7 Å². The number of pyridine rings is 1. The Kier molecular flexibility index (Phi) is 7.34. The highest BCUT2D eigenvalue weighted by Crippen LogP contribution is 1.82. The third kappa shape index (κ3) is 9.36. The topological polar surface area (TPSA) is 121 Å². The lowest BCUT2D eigenvalue weighted by Gasteiger charge is -1.91. The molecule has 0 spiro atoms. The van der Waals surface area contributed by atoms with E-state index in [1.165, 1.54) is 0 Å². The van der Waals surface area contributed by atoms with Gasteiger partial charge in [-0.25, -0.2) is 24.2 Å². The molecule has 0 aliphatic heterocycles. The van der Waals surface area contributed by atoms with Crippen molar-refractivity contribution >= 4 is 18.3 Å². The van der Waals surface area contributed by atoms with Gasteiger partial charge in [0.1, 0.15) is 0 Å². The summed E-state index contributed by atoms with van der Waals surface area (Å²) in [5.41, 5.74) is 4.36. The van der Waals surface area contributed by atoms with Crippen molar-refractivity contribution in [3.8, 4) is 0 Å². The molecule has 16 heavy (non-hydrogen) atoms. The first kappa shape index (κ1) is 13.3. The van der Waals surface area contributed by atoms with E-state index in [1.54, 1.807) is 12.4 Å². The monoisotopic (exact) mass is 225 g/mol. The lowest BCUT2D eigenvalue weighted by molar-refractivity contribution is -0.172. The summed E-state index contributed by atoms with van der Waals surface area (Å²) in [6.45, 7) is 0. The van der Waals surface area contributed by atoms with Crippen LogP contribution in [-0.4, -0.2) is 23.3 Å². The Morgan fingerprint density at radius 1 is 1.19 bits per heavy atom. The van der Waals surface area contributed by atoms with Gasteiger partial charge in [-0.15, -0.1) is 0 Å². The van der Waals surface area contributed by atoms with E-state index >= 15 is 0 Å². The maximum atomic E-state index is 9.96. The van der Waals surface area contributed by atoms with Gasteiger partial charge in [0, 0.05) is 12.4 Å². The van der Waals surface area contributed by atoms with Gasteiger partial charge in [0.05, 0.1) is 0 Å². The molecule has 8 nitrogen and oxygen atoms in total. The SMILES string of the molecule is NC(=O)OOC(=O)N=C=O.c1ccncc1. The summed E-state index contributed by atoms with van der Waals surface area (Å²) < 4.78 is 0. The van der Waals surface area contributed by atoms with Gasteiger partial charge >= 0.3 is 12.2 Å². The molecule has 0 aromatic carbocycles. The number of carbonyl (C=O) groups excluding carboxylic acids is 3. The van der Waals surface area contributed by atoms with Crippen LogP contribution < -0.4 is 5.73 Å². The van der Waals surface area contributed by atoms with E-state index in [0.717, 1.165) is 6.08 Å². The number of aliphatic imine (C=N–C) groups is 1. The molecule has 0 radical (unpaired) electrons. The minimum Gasteiger partial charge on any atom is -0.332 e. The maximum Gasteiger partial charge on any atom is 0.486 e. The first-order valence-corrected chi connectivity index (χ1v) is 3.77. The lowest BCUT2D eigenvalue weighted by atomic mass is 10.5. The van der Waals surface area contributed by atoms with Crippen molar-refractivity contribution in [1.82, 2.24) is 4.98 Å². The number of carbonyl (C=O) groups is 2. The van der Waals surface area contributed by atoms with Crippen LogP contribution >= 0.6 is 0 Å². The summed E-state index contributed by atoms with van der Waals surface area (Å²) in [6.07, 6.45) is 1.65. The van der Waals surface area contributed by atoms with Gasteiger partial charge in [0.15, 0.2) is 0 Å². The molecular formula is C8H7N3O5. The molecule has 84 valence electrons. The molecule has 1 aromatic rings. The highest BCUT2D eigenvalue weighted by Gasteiger charge is 2.02. The van der Waals surface area contributed by atoms with Crippen molar-refractivity contribution in [2.75, 3.05) is 0 Å². The molecule has 0 saturated heterocycles. The van der Waals surface area contributed by atoms with E-state index in [0.29, 0.717) is 0 Å². The summed E-state index contributed by atoms with van der Waals surface area (Å²) in [6, 6.07) is 5.72. The highest BCUT2D eigenvalue weighted by atomic mass is 17.2. The van der Waals surface area contributed by atoms with Crippen LogP contribution in [0.1, 0.15) is 0 Å². The van der Waals surface area contributed by atoms with Crippen molar-refractivity contribution in [3.63, 3.8) is 0 Å². The molecule has 0 unspecified atom stereocenters. The van der Waals surface area contributed by atoms with E-state index in [1.807, 2.05) is 18.2 Å². The highest BCUT2D eigenvalue weighted by molar-refractivity contribution is 5.74. The molecule has 1 aromatic heterocycles. The van der Waals surface area contributed by atoms with Crippen LogP contribution in [0, 0.1) is 0 Å². The fourth-order valence-corrected chi connectivity index (χ4v) is 0.445. The number of rotatable bonds is 0. The van der Waals surface area contributed by atoms with Crippen molar-refractivity contribution < 1.29 is 24.2 Å². The Bertz CT molecular complexity index is 348. The molecular weight excluding hydrogens is 218 g/mol. The molecule has 0 atom stereocenters. The number of amides is 2. The third-order valence-corrected chi connectivity index (χ3v) is 0.899. The standard InChI is InChI=1S/C5H5N.C3H2N2O5/c1-2-4-6-5-3-1;4-2(7)9-10-3(8)5-1-6/h1-5H;(H2,4,7). The average Bonchev–Trinajstić information content (AvgIpc) is 2.30. The molecule has 0 aliphatic carbocycles. The second-order valence-electron chi connectivity index (χ2n) is 1.98. The van der Waals surface area contributed by atoms with Crippen molar-refractivity contribution in [1.29, 1.82) is 0 Å². The van der Waals surface area contributed by atoms with Gasteiger partial charge in [-0.05, 0) is 12.1 Å². The van der Waals surface area contributed by atoms with Gasteiger partial charge < -0.3 is 5.73 Å². The van der Waals surface area contributed by atoms with Crippen LogP contribution in [0.15, 0.2) is 35.6 Å². The quantitative estimate of drug-likeness (QED) is 0.298. The van der Waals surface area contributed by atoms with Crippen LogP contribution in [0.5, 0.6) is 0 Å². The molecule has 0 saturated carbocycles. The van der Waals surface area contributed by atoms with E-state index in [-0.39, 0.29) is 0 Å². The van der Waals surface area contributed by atoms with Crippen LogP contribution in [0.4, 0.5) is 9.59 Å². The Labute approximate surface area is 89.6 Å². The van der Waals surface area contributed by atoms with Crippen LogP contribution in [0.25, 0.3) is 0 Å². The summed E-state index contributed by atoms with van der Waals surface area (Å²) >= 11 is 0. The predicted octanol–water partition coefficient (Wildman–Crippen LogP) is 0.551. The van der Waals surface area contributed by atoms with E-state index in [4.69, 9.17) is 0 Å². The van der Waals surface area contributed by atoms with Crippen LogP contribution in [-0.2, 0) is 14.6 Å². The zero-order chi connectivity index (χ0) is 12.2. The molecule has 1 heterocycles. The smallest absolute Gasteiger partial charge is 0.332 e. The minimum absolute atomic E-state index is 0.860. The van der Waals surface area contributed by atoms with E-state index in [9.17, 15) is 14.4 Å². The van der Waals surface area contributed by atoms with Crippen molar-refractivity contribution in [3.05, 3.63) is 30.6 Å². The summed E-state index contributed by atoms with van der Waals surface area (Å²) in [5, 5.41) is 0. The maximum absolute atomic E-state index is 9.96. The lowest BCUT2D eigenvalue weighted by Crippen LogP contribution is -2.14. The second kappa shape index (κ2) is 8.85. The Morgan fingerprint density at radius 2 is 1.81 bits per heavy atom. The molecule has 1 rings (SSSR count). The average molecular weight is 225 g/mol. The molecule has 0 aliphatic rings. The number of hydrogen-bond acceptors (Lipinski definition) is 6. The van der Waals surface area contributed by atoms with Gasteiger partial charge in [-0.2, -0.15) is 0 Å². The van der Waals surface area contributed by atoms with Gasteiger partial charge in [-0.3, -0.25) is 4.98 Å².